The number of carboxylic acids is 1. The summed E-state index contributed by atoms with van der Waals surface area (Å²) in [5.74, 6) is -0.676. The minimum absolute atomic E-state index is 0.0909. The highest BCUT2D eigenvalue weighted by atomic mass is 19.1. The van der Waals surface area contributed by atoms with Crippen molar-refractivity contribution < 1.29 is 23.8 Å². The number of aryl methyl sites for hydroxylation is 2. The van der Waals surface area contributed by atoms with Gasteiger partial charge in [0.2, 0.25) is 0 Å². The van der Waals surface area contributed by atoms with E-state index >= 15 is 0 Å². The molecular weight excluding hydrogens is 425 g/mol. The van der Waals surface area contributed by atoms with Crippen LogP contribution in [0.15, 0.2) is 36.4 Å². The van der Waals surface area contributed by atoms with E-state index in [0.717, 1.165) is 62.6 Å². The number of ether oxygens (including phenoxy) is 1. The fourth-order valence-electron chi connectivity index (χ4n) is 4.39. The molecule has 33 heavy (non-hydrogen) atoms. The van der Waals surface area contributed by atoms with Crippen LogP contribution in [-0.4, -0.2) is 47.3 Å². The summed E-state index contributed by atoms with van der Waals surface area (Å²) in [6.45, 7) is 1.23. The van der Waals surface area contributed by atoms with Gasteiger partial charge in [-0.25, -0.2) is 14.2 Å². The number of hydrogen-bond acceptors (Lipinski definition) is 5. The Kier molecular flexibility index (Phi) is 7.54. The second kappa shape index (κ2) is 10.7. The third-order valence-electron chi connectivity index (χ3n) is 6.40. The molecule has 1 fully saturated rings. The molecule has 0 spiro atoms. The van der Waals surface area contributed by atoms with E-state index in [1.54, 1.807) is 0 Å². The number of anilines is 1. The molecule has 1 aliphatic carbocycles. The van der Waals surface area contributed by atoms with Gasteiger partial charge in [0.05, 0.1) is 6.10 Å². The lowest BCUT2D eigenvalue weighted by atomic mass is 9.79. The molecule has 1 aromatic carbocycles. The molecule has 1 aromatic heterocycles. The van der Waals surface area contributed by atoms with Crippen molar-refractivity contribution in [3.8, 4) is 0 Å². The largest absolute Gasteiger partial charge is 0.480 e. The highest BCUT2D eigenvalue weighted by molar-refractivity contribution is 5.96. The van der Waals surface area contributed by atoms with E-state index in [-0.39, 0.29) is 24.7 Å². The smallest absolute Gasteiger partial charge is 0.326 e. The van der Waals surface area contributed by atoms with Gasteiger partial charge in [-0.15, -0.1) is 0 Å². The van der Waals surface area contributed by atoms with Gasteiger partial charge in [0.15, 0.2) is 0 Å². The van der Waals surface area contributed by atoms with Gasteiger partial charge < -0.3 is 20.5 Å². The van der Waals surface area contributed by atoms with Crippen molar-refractivity contribution >= 4 is 17.7 Å². The van der Waals surface area contributed by atoms with E-state index < -0.39 is 23.7 Å². The quantitative estimate of drug-likeness (QED) is 0.506. The topological polar surface area (TPSA) is 101 Å². The number of aromatic nitrogens is 1. The first-order chi connectivity index (χ1) is 16.0. The molecule has 3 N–H and O–H groups in total. The molecule has 1 atom stereocenters. The Bertz CT molecular complexity index is 993. The van der Waals surface area contributed by atoms with Gasteiger partial charge in [0, 0.05) is 30.8 Å². The molecule has 2 heterocycles. The van der Waals surface area contributed by atoms with E-state index in [2.05, 4.69) is 22.8 Å². The molecule has 0 radical (unpaired) electrons. The zero-order chi connectivity index (χ0) is 23.2. The number of carboxylic acid groups (broad SMARTS) is 1. The summed E-state index contributed by atoms with van der Waals surface area (Å²) in [5, 5.41) is 15.2. The van der Waals surface area contributed by atoms with Crippen LogP contribution in [0.1, 0.15) is 53.7 Å². The maximum absolute atomic E-state index is 13.3. The van der Waals surface area contributed by atoms with E-state index in [9.17, 15) is 19.1 Å². The molecule has 4 rings (SSSR count). The van der Waals surface area contributed by atoms with Gasteiger partial charge in [0.25, 0.3) is 5.91 Å². The van der Waals surface area contributed by atoms with Crippen molar-refractivity contribution in [2.24, 2.45) is 5.92 Å². The third kappa shape index (κ3) is 6.28. The SMILES string of the molecule is O=C(N[C@@H](CCO[C@H]1C[C@H](CCc2ccc3c(n2)NCCC3)C1)C(=O)O)c1cccc(F)c1. The summed E-state index contributed by atoms with van der Waals surface area (Å²) in [7, 11) is 0. The van der Waals surface area contributed by atoms with Gasteiger partial charge >= 0.3 is 5.97 Å². The number of carbonyl (C=O) groups is 2. The fourth-order valence-corrected chi connectivity index (χ4v) is 4.39. The second-order valence-corrected chi connectivity index (χ2v) is 8.87. The summed E-state index contributed by atoms with van der Waals surface area (Å²) >= 11 is 0. The molecule has 176 valence electrons. The van der Waals surface area contributed by atoms with Crippen molar-refractivity contribution in [3.63, 3.8) is 0 Å². The van der Waals surface area contributed by atoms with Gasteiger partial charge in [-0.3, -0.25) is 4.79 Å². The van der Waals surface area contributed by atoms with Crippen LogP contribution in [0.25, 0.3) is 0 Å². The highest BCUT2D eigenvalue weighted by Crippen LogP contribution is 2.34. The number of amides is 1. The number of carbonyl (C=O) groups excluding carboxylic acids is 1. The lowest BCUT2D eigenvalue weighted by Gasteiger charge is -2.35. The summed E-state index contributed by atoms with van der Waals surface area (Å²) in [4.78, 5) is 28.4. The van der Waals surface area contributed by atoms with Gasteiger partial charge in [-0.05, 0) is 74.3 Å². The molecule has 8 heteroatoms. The number of nitrogens with zero attached hydrogens (tertiary/aromatic N) is 1. The second-order valence-electron chi connectivity index (χ2n) is 8.87. The van der Waals surface area contributed by atoms with Gasteiger partial charge in [-0.2, -0.15) is 0 Å². The number of fused-ring (bicyclic) bond motifs is 1. The first-order valence-corrected chi connectivity index (χ1v) is 11.6. The zero-order valence-electron chi connectivity index (χ0n) is 18.6. The Labute approximate surface area is 192 Å². The van der Waals surface area contributed by atoms with Crippen LogP contribution in [0, 0.1) is 11.7 Å². The number of nitrogens with one attached hydrogen (secondary N) is 2. The zero-order valence-corrected chi connectivity index (χ0v) is 18.6. The summed E-state index contributed by atoms with van der Waals surface area (Å²) < 4.78 is 19.1. The molecule has 7 nitrogen and oxygen atoms in total. The van der Waals surface area contributed by atoms with Gasteiger partial charge in [-0.1, -0.05) is 12.1 Å². The van der Waals surface area contributed by atoms with Crippen LogP contribution < -0.4 is 10.6 Å². The van der Waals surface area contributed by atoms with Crippen molar-refractivity contribution in [2.45, 2.75) is 57.1 Å². The lowest BCUT2D eigenvalue weighted by Crippen LogP contribution is -2.42. The monoisotopic (exact) mass is 455 g/mol. The Balaban J connectivity index is 1.14. The molecule has 1 amide bonds. The summed E-state index contributed by atoms with van der Waals surface area (Å²) in [6.07, 6.45) is 6.45. The Morgan fingerprint density at radius 2 is 2.12 bits per heavy atom. The Morgan fingerprint density at radius 1 is 1.27 bits per heavy atom. The fraction of sp³-hybridized carbons (Fsp3) is 0.480. The molecule has 1 saturated carbocycles. The van der Waals surface area contributed by atoms with Crippen molar-refractivity contribution in [2.75, 3.05) is 18.5 Å². The van der Waals surface area contributed by atoms with Crippen molar-refractivity contribution in [3.05, 3.63) is 59.0 Å². The standard InChI is InChI=1S/C25H30FN3O4/c26-19-5-1-3-18(15-19)24(30)29-22(25(31)32)10-12-33-21-13-16(14-21)6-8-20-9-7-17-4-2-11-27-23(17)28-20/h1,3,5,7,9,15-16,21-22H,2,4,6,8,10-14H2,(H,27,28)(H,29,30)(H,31,32)/t16-,21-,22-/m0/s1. The van der Waals surface area contributed by atoms with Crippen LogP contribution in [0.2, 0.25) is 0 Å². The van der Waals surface area contributed by atoms with Crippen LogP contribution in [-0.2, 0) is 22.4 Å². The number of pyridine rings is 1. The first-order valence-electron chi connectivity index (χ1n) is 11.6. The number of aliphatic carboxylic acids is 1. The molecular formula is C25H30FN3O4. The minimum atomic E-state index is -1.14. The summed E-state index contributed by atoms with van der Waals surface area (Å²) in [6, 6.07) is 8.39. The Morgan fingerprint density at radius 3 is 2.91 bits per heavy atom. The maximum Gasteiger partial charge on any atom is 0.326 e. The number of hydrogen-bond donors (Lipinski definition) is 3. The average Bonchev–Trinajstić information content (AvgIpc) is 2.78. The van der Waals surface area contributed by atoms with Crippen molar-refractivity contribution in [1.82, 2.24) is 10.3 Å². The van der Waals surface area contributed by atoms with Gasteiger partial charge in [0.1, 0.15) is 17.7 Å². The predicted molar refractivity (Wildman–Crippen MR) is 122 cm³/mol. The van der Waals surface area contributed by atoms with Crippen LogP contribution in [0.4, 0.5) is 10.2 Å². The molecule has 0 unspecified atom stereocenters. The van der Waals surface area contributed by atoms with Crippen LogP contribution in [0.3, 0.4) is 0 Å². The van der Waals surface area contributed by atoms with E-state index in [1.165, 1.54) is 23.8 Å². The maximum atomic E-state index is 13.3. The summed E-state index contributed by atoms with van der Waals surface area (Å²) in [5.41, 5.74) is 2.51. The minimum Gasteiger partial charge on any atom is -0.480 e. The molecule has 0 bridgehead atoms. The molecule has 0 saturated heterocycles. The van der Waals surface area contributed by atoms with Crippen molar-refractivity contribution in [1.29, 1.82) is 0 Å². The Hall–Kier alpha value is -3.00. The van der Waals surface area contributed by atoms with E-state index in [0.29, 0.717) is 5.92 Å². The van der Waals surface area contributed by atoms with E-state index in [4.69, 9.17) is 9.72 Å². The van der Waals surface area contributed by atoms with Crippen LogP contribution >= 0.6 is 0 Å². The third-order valence-corrected chi connectivity index (χ3v) is 6.40. The molecule has 2 aliphatic rings. The first kappa shape index (κ1) is 23.2. The number of halogens is 1. The van der Waals surface area contributed by atoms with Crippen LogP contribution in [0.5, 0.6) is 0 Å². The lowest BCUT2D eigenvalue weighted by molar-refractivity contribution is -0.140. The highest BCUT2D eigenvalue weighted by Gasteiger charge is 2.30. The predicted octanol–water partition coefficient (Wildman–Crippen LogP) is 3.58. The normalized spacial score (nSPS) is 20.2. The molecule has 1 aliphatic heterocycles. The molecule has 2 aromatic rings. The number of rotatable bonds is 10. The average molecular weight is 456 g/mol. The number of benzene rings is 1. The van der Waals surface area contributed by atoms with E-state index in [1.807, 2.05) is 0 Å².